The Balaban J connectivity index is 1.84. The van der Waals surface area contributed by atoms with E-state index in [2.05, 4.69) is 64.7 Å². The maximum atomic E-state index is 6.63. The topological polar surface area (TPSA) is 55.0 Å². The molecule has 1 aliphatic rings. The molecule has 28 heavy (non-hydrogen) atoms. The van der Waals surface area contributed by atoms with Crippen molar-refractivity contribution in [3.05, 3.63) is 47.7 Å². The number of nitrogens with one attached hydrogen (secondary N) is 2. The zero-order valence-electron chi connectivity index (χ0n) is 17.5. The Labute approximate surface area is 170 Å². The van der Waals surface area contributed by atoms with Gasteiger partial charge in [0, 0.05) is 43.0 Å². The Morgan fingerprint density at radius 2 is 1.86 bits per heavy atom. The largest absolute Gasteiger partial charge is 0.385 e. The van der Waals surface area contributed by atoms with Gasteiger partial charge in [-0.3, -0.25) is 0 Å². The minimum absolute atomic E-state index is 0.548. The first kappa shape index (κ1) is 20.7. The van der Waals surface area contributed by atoms with Crippen molar-refractivity contribution in [2.45, 2.75) is 58.0 Å². The van der Waals surface area contributed by atoms with Crippen molar-refractivity contribution < 1.29 is 0 Å². The van der Waals surface area contributed by atoms with Crippen molar-refractivity contribution in [1.29, 1.82) is 0 Å². The van der Waals surface area contributed by atoms with Crippen LogP contribution in [-0.2, 0) is 6.54 Å². The third-order valence-electron chi connectivity index (χ3n) is 5.75. The first-order valence-electron chi connectivity index (χ1n) is 10.9. The zero-order chi connectivity index (χ0) is 19.8. The van der Waals surface area contributed by atoms with E-state index in [1.807, 2.05) is 7.05 Å². The SMILES string of the molecule is CC/C=C\c1c(-c2ccc(CNCCNC)cc2)cn(C2CCCCC2)c1N. The van der Waals surface area contributed by atoms with E-state index >= 15 is 0 Å². The first-order valence-corrected chi connectivity index (χ1v) is 10.9. The summed E-state index contributed by atoms with van der Waals surface area (Å²) in [6.07, 6.45) is 14.2. The van der Waals surface area contributed by atoms with E-state index in [0.29, 0.717) is 6.04 Å². The number of hydrogen-bond donors (Lipinski definition) is 3. The number of likely N-dealkylation sites (N-methyl/N-ethyl adjacent to an activating group) is 1. The summed E-state index contributed by atoms with van der Waals surface area (Å²) in [4.78, 5) is 0. The van der Waals surface area contributed by atoms with Crippen LogP contribution in [0.4, 0.5) is 5.82 Å². The molecule has 1 fully saturated rings. The predicted octanol–water partition coefficient (Wildman–Crippen LogP) is 4.97. The Bertz CT molecular complexity index is 752. The lowest BCUT2D eigenvalue weighted by Gasteiger charge is -2.24. The van der Waals surface area contributed by atoms with Crippen LogP contribution in [0.15, 0.2) is 36.5 Å². The van der Waals surface area contributed by atoms with Gasteiger partial charge in [0.15, 0.2) is 0 Å². The van der Waals surface area contributed by atoms with Crippen LogP contribution in [0.25, 0.3) is 17.2 Å². The van der Waals surface area contributed by atoms with Gasteiger partial charge in [0.2, 0.25) is 0 Å². The van der Waals surface area contributed by atoms with Crippen molar-refractivity contribution in [2.24, 2.45) is 0 Å². The number of nitrogen functional groups attached to an aromatic ring is 1. The molecule has 4 heteroatoms. The van der Waals surface area contributed by atoms with Crippen LogP contribution in [0.5, 0.6) is 0 Å². The van der Waals surface area contributed by atoms with Crippen LogP contribution in [-0.4, -0.2) is 24.7 Å². The molecular formula is C24H36N4. The number of allylic oxidation sites excluding steroid dienone is 1. The molecule has 4 N–H and O–H groups in total. The minimum Gasteiger partial charge on any atom is -0.385 e. The Morgan fingerprint density at radius 1 is 1.11 bits per heavy atom. The molecular weight excluding hydrogens is 344 g/mol. The molecule has 1 heterocycles. The van der Waals surface area contributed by atoms with Gasteiger partial charge in [-0.15, -0.1) is 0 Å². The second-order valence-electron chi connectivity index (χ2n) is 7.83. The fraction of sp³-hybridized carbons (Fsp3) is 0.500. The summed E-state index contributed by atoms with van der Waals surface area (Å²) in [7, 11) is 1.98. The predicted molar refractivity (Wildman–Crippen MR) is 121 cm³/mol. The molecule has 1 aliphatic carbocycles. The first-order chi connectivity index (χ1) is 13.7. The number of hydrogen-bond acceptors (Lipinski definition) is 3. The van der Waals surface area contributed by atoms with Crippen LogP contribution >= 0.6 is 0 Å². The Hall–Kier alpha value is -2.04. The highest BCUT2D eigenvalue weighted by Gasteiger charge is 2.21. The number of rotatable bonds is 9. The third-order valence-corrected chi connectivity index (χ3v) is 5.75. The minimum atomic E-state index is 0.548. The van der Waals surface area contributed by atoms with E-state index in [4.69, 9.17) is 5.73 Å². The summed E-state index contributed by atoms with van der Waals surface area (Å²) in [5.74, 6) is 0.921. The molecule has 1 saturated carbocycles. The van der Waals surface area contributed by atoms with E-state index in [1.165, 1.54) is 54.4 Å². The van der Waals surface area contributed by atoms with E-state index in [9.17, 15) is 0 Å². The van der Waals surface area contributed by atoms with E-state index in [0.717, 1.165) is 31.9 Å². The lowest BCUT2D eigenvalue weighted by atomic mass is 9.95. The van der Waals surface area contributed by atoms with Gasteiger partial charge in [-0.1, -0.05) is 62.6 Å². The molecule has 4 nitrogen and oxygen atoms in total. The smallest absolute Gasteiger partial charge is 0.111 e. The number of nitrogens with zero attached hydrogens (tertiary/aromatic N) is 1. The van der Waals surface area contributed by atoms with Crippen molar-refractivity contribution in [3.63, 3.8) is 0 Å². The average molecular weight is 381 g/mol. The lowest BCUT2D eigenvalue weighted by molar-refractivity contribution is 0.357. The van der Waals surface area contributed by atoms with Gasteiger partial charge in [-0.2, -0.15) is 0 Å². The molecule has 0 amide bonds. The molecule has 0 bridgehead atoms. The van der Waals surface area contributed by atoms with Crippen LogP contribution < -0.4 is 16.4 Å². The summed E-state index contributed by atoms with van der Waals surface area (Å²) < 4.78 is 2.34. The van der Waals surface area contributed by atoms with E-state index in [1.54, 1.807) is 0 Å². The maximum Gasteiger partial charge on any atom is 0.111 e. The number of aromatic nitrogens is 1. The monoisotopic (exact) mass is 380 g/mol. The van der Waals surface area contributed by atoms with Gasteiger partial charge in [-0.25, -0.2) is 0 Å². The number of benzene rings is 1. The maximum absolute atomic E-state index is 6.63. The van der Waals surface area contributed by atoms with Crippen molar-refractivity contribution in [3.8, 4) is 11.1 Å². The Kier molecular flexibility index (Phi) is 7.75. The highest BCUT2D eigenvalue weighted by molar-refractivity contribution is 5.82. The van der Waals surface area contributed by atoms with Gasteiger partial charge in [-0.05, 0) is 37.4 Å². The standard InChI is InChI=1S/C24H36N4/c1-3-4-10-22-23(18-28(24(22)25)21-8-6-5-7-9-21)20-13-11-19(12-14-20)17-27-16-15-26-2/h4,10-14,18,21,26-27H,3,5-9,15-17,25H2,1-2H3/b10-4-. The van der Waals surface area contributed by atoms with Crippen molar-refractivity contribution >= 4 is 11.9 Å². The van der Waals surface area contributed by atoms with Crippen LogP contribution in [0.3, 0.4) is 0 Å². The fourth-order valence-electron chi connectivity index (χ4n) is 4.11. The van der Waals surface area contributed by atoms with Gasteiger partial charge in [0.05, 0.1) is 0 Å². The zero-order valence-corrected chi connectivity index (χ0v) is 17.5. The average Bonchev–Trinajstić information content (AvgIpc) is 3.07. The van der Waals surface area contributed by atoms with Crippen LogP contribution in [0.2, 0.25) is 0 Å². The highest BCUT2D eigenvalue weighted by Crippen LogP contribution is 2.37. The molecule has 1 aromatic carbocycles. The fourth-order valence-corrected chi connectivity index (χ4v) is 4.11. The number of nitrogens with two attached hydrogens (primary N) is 1. The molecule has 3 rings (SSSR count). The molecule has 0 spiro atoms. The number of anilines is 1. The lowest BCUT2D eigenvalue weighted by Crippen LogP contribution is -2.24. The molecule has 0 unspecified atom stereocenters. The Morgan fingerprint density at radius 3 is 2.54 bits per heavy atom. The van der Waals surface area contributed by atoms with Gasteiger partial charge in [0.1, 0.15) is 5.82 Å². The molecule has 0 saturated heterocycles. The summed E-state index contributed by atoms with van der Waals surface area (Å²) in [6, 6.07) is 9.47. The highest BCUT2D eigenvalue weighted by atomic mass is 15.1. The molecule has 2 aromatic rings. The normalized spacial score (nSPS) is 15.5. The molecule has 0 atom stereocenters. The van der Waals surface area contributed by atoms with Crippen molar-refractivity contribution in [2.75, 3.05) is 25.9 Å². The molecule has 152 valence electrons. The van der Waals surface area contributed by atoms with Gasteiger partial charge in [0.25, 0.3) is 0 Å². The molecule has 0 aliphatic heterocycles. The quantitative estimate of drug-likeness (QED) is 0.538. The van der Waals surface area contributed by atoms with Gasteiger partial charge < -0.3 is 20.9 Å². The summed E-state index contributed by atoms with van der Waals surface area (Å²) in [5, 5.41) is 6.62. The summed E-state index contributed by atoms with van der Waals surface area (Å²) in [6.45, 7) is 5.03. The van der Waals surface area contributed by atoms with Crippen LogP contribution in [0.1, 0.15) is 62.6 Å². The molecule has 0 radical (unpaired) electrons. The van der Waals surface area contributed by atoms with Crippen LogP contribution in [0, 0.1) is 0 Å². The third kappa shape index (κ3) is 5.06. The second-order valence-corrected chi connectivity index (χ2v) is 7.83. The van der Waals surface area contributed by atoms with Gasteiger partial charge >= 0.3 is 0 Å². The van der Waals surface area contributed by atoms with E-state index in [-0.39, 0.29) is 0 Å². The summed E-state index contributed by atoms with van der Waals surface area (Å²) in [5.41, 5.74) is 11.6. The second kappa shape index (κ2) is 10.5. The van der Waals surface area contributed by atoms with E-state index < -0.39 is 0 Å². The molecule has 1 aromatic heterocycles. The van der Waals surface area contributed by atoms with Crippen molar-refractivity contribution in [1.82, 2.24) is 15.2 Å². The summed E-state index contributed by atoms with van der Waals surface area (Å²) >= 11 is 0.